The molecule has 2 amide bonds. The number of nitrogens with one attached hydrogen (secondary N) is 1. The molecule has 6 heavy (non-hydrogen) atoms. The maximum absolute atomic E-state index is 9.48. The van der Waals surface area contributed by atoms with Crippen LogP contribution in [0.25, 0.3) is 0 Å². The molecule has 0 unspecified atom stereocenters. The van der Waals surface area contributed by atoms with Crippen LogP contribution in [-0.4, -0.2) is 13.1 Å². The van der Waals surface area contributed by atoms with Gasteiger partial charge in [-0.1, -0.05) is 0 Å². The number of primary amides is 1. The predicted octanol–water partition coefficient (Wildman–Crippen LogP) is -0.718. The van der Waals surface area contributed by atoms with E-state index in [0.717, 1.165) is 0 Å². The van der Waals surface area contributed by atoms with E-state index in [1.807, 2.05) is 0 Å². The Kier molecular flexibility index (Phi) is 7.59. The van der Waals surface area contributed by atoms with Crippen molar-refractivity contribution in [1.29, 1.82) is 0 Å². The van der Waals surface area contributed by atoms with Gasteiger partial charge < -0.3 is 11.1 Å². The molecule has 0 saturated heterocycles. The molecule has 0 aliphatic carbocycles. The van der Waals surface area contributed by atoms with Crippen LogP contribution in [0, 0.1) is 0 Å². The van der Waals surface area contributed by atoms with Crippen LogP contribution in [0.2, 0.25) is 0 Å². The summed E-state index contributed by atoms with van der Waals surface area (Å²) in [5.74, 6) is 0. The van der Waals surface area contributed by atoms with E-state index in [2.05, 4.69) is 11.1 Å². The summed E-state index contributed by atoms with van der Waals surface area (Å²) in [5, 5.41) is 2.17. The summed E-state index contributed by atoms with van der Waals surface area (Å²) >= 11 is 0. The molecule has 38 valence electrons. The van der Waals surface area contributed by atoms with Gasteiger partial charge in [-0.25, -0.2) is 4.79 Å². The van der Waals surface area contributed by atoms with Crippen LogP contribution < -0.4 is 11.1 Å². The zero-order chi connectivity index (χ0) is 4.28. The number of hydrogen-bond acceptors (Lipinski definition) is 1. The first-order chi connectivity index (χ1) is 2.27. The number of amides is 2. The van der Waals surface area contributed by atoms with Crippen molar-refractivity contribution < 1.29 is 24.3 Å². The summed E-state index contributed by atoms with van der Waals surface area (Å²) in [5.41, 5.74) is 4.54. The van der Waals surface area contributed by atoms with Crippen LogP contribution in [-0.2, 0) is 19.5 Å². The summed E-state index contributed by atoms with van der Waals surface area (Å²) in [6.45, 7) is 0. The Hall–Kier alpha value is -0.107. The van der Waals surface area contributed by atoms with Gasteiger partial charge in [0.25, 0.3) is 0 Å². The summed E-state index contributed by atoms with van der Waals surface area (Å²) in [7, 11) is 1.47. The minimum Gasteiger partial charge on any atom is -0.352 e. The van der Waals surface area contributed by atoms with E-state index in [1.54, 1.807) is 0 Å². The van der Waals surface area contributed by atoms with Crippen molar-refractivity contribution in [1.82, 2.24) is 5.32 Å². The van der Waals surface area contributed by atoms with E-state index in [9.17, 15) is 4.79 Å². The number of urea groups is 1. The largest absolute Gasteiger partial charge is 0.352 e. The van der Waals surface area contributed by atoms with Gasteiger partial charge in [0.1, 0.15) is 0 Å². The van der Waals surface area contributed by atoms with Gasteiger partial charge in [-0.3, -0.25) is 0 Å². The van der Waals surface area contributed by atoms with Gasteiger partial charge in [-0.2, -0.15) is 0 Å². The van der Waals surface area contributed by atoms with Crippen molar-refractivity contribution in [2.45, 2.75) is 0 Å². The molecule has 0 saturated carbocycles. The number of carbonyl (C=O) groups is 1. The van der Waals surface area contributed by atoms with Gasteiger partial charge >= 0.3 is 6.03 Å². The van der Waals surface area contributed by atoms with Crippen molar-refractivity contribution in [3.63, 3.8) is 0 Å². The fourth-order valence-electron chi connectivity index (χ4n) is 0. The molecular formula is C2H6N2ORu. The molecule has 0 aromatic carbocycles. The molecule has 0 aromatic rings. The van der Waals surface area contributed by atoms with E-state index in [0.29, 0.717) is 0 Å². The van der Waals surface area contributed by atoms with Crippen LogP contribution in [0.5, 0.6) is 0 Å². The normalized spacial score (nSPS) is 5.50. The Labute approximate surface area is 49.0 Å². The second-order valence-electron chi connectivity index (χ2n) is 0.614. The third-order valence-corrected chi connectivity index (χ3v) is 0.246. The van der Waals surface area contributed by atoms with Crippen LogP contribution in [0.3, 0.4) is 0 Å². The molecule has 0 heterocycles. The topological polar surface area (TPSA) is 55.1 Å². The minimum atomic E-state index is -0.495. The molecule has 0 rings (SSSR count). The molecule has 0 bridgehead atoms. The summed E-state index contributed by atoms with van der Waals surface area (Å²) in [4.78, 5) is 9.48. The fourth-order valence-corrected chi connectivity index (χ4v) is 0. The van der Waals surface area contributed by atoms with Crippen molar-refractivity contribution in [2.24, 2.45) is 5.73 Å². The van der Waals surface area contributed by atoms with Gasteiger partial charge in [-0.05, 0) is 0 Å². The van der Waals surface area contributed by atoms with Crippen LogP contribution in [0.15, 0.2) is 0 Å². The van der Waals surface area contributed by atoms with Crippen molar-refractivity contribution in [3.05, 3.63) is 0 Å². The number of rotatable bonds is 0. The molecule has 0 atom stereocenters. The van der Waals surface area contributed by atoms with Crippen molar-refractivity contribution in [3.8, 4) is 0 Å². The molecule has 3 N–H and O–H groups in total. The van der Waals surface area contributed by atoms with Gasteiger partial charge in [0, 0.05) is 26.5 Å². The van der Waals surface area contributed by atoms with E-state index in [-0.39, 0.29) is 19.5 Å². The molecule has 0 spiro atoms. The standard InChI is InChI=1S/C2H6N2O.Ru/c1-4-2(3)5;/h1H3,(H3,3,4,5);. The smallest absolute Gasteiger partial charge is 0.311 e. The molecule has 3 nitrogen and oxygen atoms in total. The number of carbonyl (C=O) groups excluding carboxylic acids is 1. The zero-order valence-corrected chi connectivity index (χ0v) is 5.08. The van der Waals surface area contributed by atoms with E-state index in [1.165, 1.54) is 7.05 Å². The third kappa shape index (κ3) is 9.09. The monoisotopic (exact) mass is 176 g/mol. The summed E-state index contributed by atoms with van der Waals surface area (Å²) < 4.78 is 0. The molecule has 0 aliphatic heterocycles. The Balaban J connectivity index is 0. The van der Waals surface area contributed by atoms with Gasteiger partial charge in [0.2, 0.25) is 0 Å². The molecule has 0 radical (unpaired) electrons. The molecule has 4 heteroatoms. The predicted molar refractivity (Wildman–Crippen MR) is 18.6 cm³/mol. The van der Waals surface area contributed by atoms with E-state index >= 15 is 0 Å². The van der Waals surface area contributed by atoms with Gasteiger partial charge in [0.05, 0.1) is 0 Å². The van der Waals surface area contributed by atoms with Gasteiger partial charge in [0.15, 0.2) is 0 Å². The van der Waals surface area contributed by atoms with Gasteiger partial charge in [-0.15, -0.1) is 0 Å². The first-order valence-electron chi connectivity index (χ1n) is 1.24. The van der Waals surface area contributed by atoms with Crippen LogP contribution in [0.4, 0.5) is 4.79 Å². The maximum Gasteiger partial charge on any atom is 0.311 e. The molecule has 0 aromatic heterocycles. The van der Waals surface area contributed by atoms with E-state index in [4.69, 9.17) is 0 Å². The number of hydrogen-bond donors (Lipinski definition) is 2. The first-order valence-corrected chi connectivity index (χ1v) is 1.24. The molecule has 0 fully saturated rings. The Morgan fingerprint density at radius 3 is 2.00 bits per heavy atom. The van der Waals surface area contributed by atoms with Crippen LogP contribution in [0.1, 0.15) is 0 Å². The third-order valence-electron chi connectivity index (χ3n) is 0.246. The molecule has 0 aliphatic rings. The van der Waals surface area contributed by atoms with Crippen LogP contribution >= 0.6 is 0 Å². The fraction of sp³-hybridized carbons (Fsp3) is 0.500. The second-order valence-corrected chi connectivity index (χ2v) is 0.614. The zero-order valence-electron chi connectivity index (χ0n) is 3.34. The minimum absolute atomic E-state index is 0. The second kappa shape index (κ2) is 4.89. The Bertz CT molecular complexity index is 46.8. The maximum atomic E-state index is 9.48. The summed E-state index contributed by atoms with van der Waals surface area (Å²) in [6.07, 6.45) is 0. The SMILES string of the molecule is CNC(N)=O.[Ru]. The average molecular weight is 175 g/mol. The van der Waals surface area contributed by atoms with Crippen molar-refractivity contribution >= 4 is 6.03 Å². The van der Waals surface area contributed by atoms with E-state index < -0.39 is 6.03 Å². The summed E-state index contributed by atoms with van der Waals surface area (Å²) in [6, 6.07) is -0.495. The Morgan fingerprint density at radius 1 is 1.83 bits per heavy atom. The number of nitrogens with two attached hydrogens (primary N) is 1. The van der Waals surface area contributed by atoms with Crippen molar-refractivity contribution in [2.75, 3.05) is 7.05 Å². The first kappa shape index (κ1) is 9.31. The Morgan fingerprint density at radius 2 is 2.00 bits per heavy atom. The quantitative estimate of drug-likeness (QED) is 0.469. The average Bonchev–Trinajstić information content (AvgIpc) is 1.38. The molecular weight excluding hydrogens is 169 g/mol.